The third kappa shape index (κ3) is 6.86. The van der Waals surface area contributed by atoms with Gasteiger partial charge in [-0.05, 0) is 31.2 Å². The Morgan fingerprint density at radius 2 is 1.57 bits per heavy atom. The fourth-order valence-corrected chi connectivity index (χ4v) is 3.37. The number of piperazine rings is 1. The highest BCUT2D eigenvalue weighted by molar-refractivity contribution is 5.92. The maximum absolute atomic E-state index is 12.5. The molecule has 2 aromatic carbocycles. The summed E-state index contributed by atoms with van der Waals surface area (Å²) in [7, 11) is 0. The minimum atomic E-state index is -0.0381. The van der Waals surface area contributed by atoms with Gasteiger partial charge in [-0.15, -0.1) is 0 Å². The predicted octanol–water partition coefficient (Wildman–Crippen LogP) is 2.56. The van der Waals surface area contributed by atoms with Crippen molar-refractivity contribution in [1.29, 1.82) is 0 Å². The molecule has 2 N–H and O–H groups in total. The zero-order chi connectivity index (χ0) is 21.2. The highest BCUT2D eigenvalue weighted by Crippen LogP contribution is 2.29. The third-order valence-electron chi connectivity index (χ3n) is 4.99. The van der Waals surface area contributed by atoms with Gasteiger partial charge >= 0.3 is 0 Å². The topological polar surface area (TPSA) is 73.9 Å². The Bertz CT molecular complexity index is 820. The Morgan fingerprint density at radius 1 is 0.900 bits per heavy atom. The summed E-state index contributed by atoms with van der Waals surface area (Å²) in [5.41, 5.74) is 0.665. The zero-order valence-electron chi connectivity index (χ0n) is 17.5. The summed E-state index contributed by atoms with van der Waals surface area (Å²) in [4.78, 5) is 28.6. The van der Waals surface area contributed by atoms with Gasteiger partial charge in [-0.1, -0.05) is 30.3 Å². The van der Waals surface area contributed by atoms with Gasteiger partial charge in [-0.25, -0.2) is 0 Å². The Hall–Kier alpha value is -2.90. The van der Waals surface area contributed by atoms with E-state index in [1.165, 1.54) is 0 Å². The van der Waals surface area contributed by atoms with Crippen molar-refractivity contribution in [2.45, 2.75) is 13.3 Å². The summed E-state index contributed by atoms with van der Waals surface area (Å²) >= 11 is 0. The summed E-state index contributed by atoms with van der Waals surface area (Å²) in [5.74, 6) is 1.38. The van der Waals surface area contributed by atoms with Crippen LogP contribution in [0.2, 0.25) is 0 Å². The van der Waals surface area contributed by atoms with Crippen LogP contribution in [0, 0.1) is 0 Å². The molecule has 0 bridgehead atoms. The van der Waals surface area contributed by atoms with Crippen molar-refractivity contribution in [3.63, 3.8) is 0 Å². The number of hydrogen-bond donors (Lipinski definition) is 2. The molecule has 0 spiro atoms. The first-order valence-corrected chi connectivity index (χ1v) is 10.5. The highest BCUT2D eigenvalue weighted by Gasteiger charge is 2.19. The van der Waals surface area contributed by atoms with Crippen LogP contribution >= 0.6 is 0 Å². The molecule has 7 heteroatoms. The van der Waals surface area contributed by atoms with Gasteiger partial charge in [0.25, 0.3) is 0 Å². The van der Waals surface area contributed by atoms with Crippen molar-refractivity contribution in [3.8, 4) is 11.5 Å². The number of hydrogen-bond acceptors (Lipinski definition) is 5. The van der Waals surface area contributed by atoms with E-state index >= 15 is 0 Å². The van der Waals surface area contributed by atoms with Crippen molar-refractivity contribution in [2.75, 3.05) is 51.1 Å². The fraction of sp³-hybridized carbons (Fsp3) is 0.391. The lowest BCUT2D eigenvalue weighted by Crippen LogP contribution is -2.49. The smallest absolute Gasteiger partial charge is 0.234 e. The fourth-order valence-electron chi connectivity index (χ4n) is 3.37. The van der Waals surface area contributed by atoms with E-state index in [-0.39, 0.29) is 11.8 Å². The lowest BCUT2D eigenvalue weighted by Gasteiger charge is -2.34. The van der Waals surface area contributed by atoms with Crippen molar-refractivity contribution < 1.29 is 14.3 Å². The number of nitrogens with zero attached hydrogens (tertiary/aromatic N) is 2. The van der Waals surface area contributed by atoms with Crippen molar-refractivity contribution in [2.24, 2.45) is 0 Å². The van der Waals surface area contributed by atoms with Gasteiger partial charge in [0, 0.05) is 45.7 Å². The number of carbonyl (C=O) groups excluding carboxylic acids is 2. The van der Waals surface area contributed by atoms with Crippen LogP contribution < -0.4 is 15.4 Å². The van der Waals surface area contributed by atoms with Crippen molar-refractivity contribution in [1.82, 2.24) is 15.1 Å². The van der Waals surface area contributed by atoms with E-state index in [9.17, 15) is 9.59 Å². The zero-order valence-corrected chi connectivity index (χ0v) is 17.5. The second-order valence-electron chi connectivity index (χ2n) is 7.28. The van der Waals surface area contributed by atoms with Crippen LogP contribution in [0.25, 0.3) is 0 Å². The molecule has 1 fully saturated rings. The largest absolute Gasteiger partial charge is 0.455 e. The molecule has 1 aliphatic rings. The summed E-state index contributed by atoms with van der Waals surface area (Å²) in [6, 6.07) is 17.0. The molecule has 1 saturated heterocycles. The van der Waals surface area contributed by atoms with E-state index in [0.717, 1.165) is 31.9 Å². The van der Waals surface area contributed by atoms with E-state index in [4.69, 9.17) is 4.74 Å². The van der Waals surface area contributed by atoms with Gasteiger partial charge in [-0.3, -0.25) is 14.5 Å². The Kier molecular flexibility index (Phi) is 8.23. The highest BCUT2D eigenvalue weighted by atomic mass is 16.5. The lowest BCUT2D eigenvalue weighted by molar-refractivity contribution is -0.122. The first kappa shape index (κ1) is 21.8. The Labute approximate surface area is 178 Å². The molecule has 3 rings (SSSR count). The van der Waals surface area contributed by atoms with Crippen LogP contribution in [0.5, 0.6) is 11.5 Å². The van der Waals surface area contributed by atoms with Crippen LogP contribution in [0.4, 0.5) is 5.69 Å². The third-order valence-corrected chi connectivity index (χ3v) is 4.99. The maximum Gasteiger partial charge on any atom is 0.234 e. The van der Waals surface area contributed by atoms with Gasteiger partial charge in [0.05, 0.1) is 12.2 Å². The molecule has 1 aliphatic heterocycles. The molecule has 0 radical (unpaired) electrons. The SMILES string of the molecule is CCNC(=O)CN1CCN(CCC(=O)Nc2ccccc2Oc2ccccc2)CC1. The number of nitrogens with one attached hydrogen (secondary N) is 2. The van der Waals surface area contributed by atoms with Crippen LogP contribution in [0.3, 0.4) is 0 Å². The lowest BCUT2D eigenvalue weighted by atomic mass is 10.2. The van der Waals surface area contributed by atoms with Crippen molar-refractivity contribution in [3.05, 3.63) is 54.6 Å². The number of rotatable bonds is 9. The molecule has 0 atom stereocenters. The average Bonchev–Trinajstić information content (AvgIpc) is 2.75. The molecule has 160 valence electrons. The molecule has 0 unspecified atom stereocenters. The second-order valence-corrected chi connectivity index (χ2v) is 7.28. The second kappa shape index (κ2) is 11.3. The Morgan fingerprint density at radius 3 is 2.30 bits per heavy atom. The average molecular weight is 411 g/mol. The number of carbonyl (C=O) groups is 2. The van der Waals surface area contributed by atoms with E-state index in [2.05, 4.69) is 20.4 Å². The molecule has 0 saturated carbocycles. The molecular weight excluding hydrogens is 380 g/mol. The van der Waals surface area contributed by atoms with Crippen LogP contribution in [0.1, 0.15) is 13.3 Å². The van der Waals surface area contributed by atoms with E-state index in [0.29, 0.717) is 37.5 Å². The number of ether oxygens (including phenoxy) is 1. The Balaban J connectivity index is 1.43. The predicted molar refractivity (Wildman–Crippen MR) is 118 cm³/mol. The van der Waals surface area contributed by atoms with Gasteiger partial charge < -0.3 is 20.3 Å². The van der Waals surface area contributed by atoms with Crippen LogP contribution in [-0.4, -0.2) is 67.4 Å². The summed E-state index contributed by atoms with van der Waals surface area (Å²) in [6.45, 7) is 7.13. The van der Waals surface area contributed by atoms with Crippen molar-refractivity contribution >= 4 is 17.5 Å². The quantitative estimate of drug-likeness (QED) is 0.665. The summed E-state index contributed by atoms with van der Waals surface area (Å²) in [5, 5.41) is 5.79. The number of likely N-dealkylation sites (N-methyl/N-ethyl adjacent to an activating group) is 1. The van der Waals surface area contributed by atoms with Gasteiger partial charge in [0.15, 0.2) is 5.75 Å². The van der Waals surface area contributed by atoms with E-state index in [1.54, 1.807) is 0 Å². The molecule has 1 heterocycles. The van der Waals surface area contributed by atoms with Gasteiger partial charge in [0.1, 0.15) is 5.75 Å². The maximum atomic E-state index is 12.5. The van der Waals surface area contributed by atoms with Gasteiger partial charge in [-0.2, -0.15) is 0 Å². The first-order chi connectivity index (χ1) is 14.6. The molecule has 30 heavy (non-hydrogen) atoms. The number of benzene rings is 2. The van der Waals surface area contributed by atoms with Gasteiger partial charge in [0.2, 0.25) is 11.8 Å². The summed E-state index contributed by atoms with van der Waals surface area (Å²) < 4.78 is 5.90. The van der Waals surface area contributed by atoms with Crippen LogP contribution in [-0.2, 0) is 9.59 Å². The molecule has 0 aromatic heterocycles. The minimum absolute atomic E-state index is 0.0381. The number of amides is 2. The van der Waals surface area contributed by atoms with Crippen LogP contribution in [0.15, 0.2) is 54.6 Å². The molecule has 2 amide bonds. The normalized spacial score (nSPS) is 14.8. The molecule has 7 nitrogen and oxygen atoms in total. The molecular formula is C23H30N4O3. The molecule has 0 aliphatic carbocycles. The number of para-hydroxylation sites is 3. The monoisotopic (exact) mass is 410 g/mol. The standard InChI is InChI=1S/C23H30N4O3/c1-2-24-23(29)18-27-16-14-26(15-17-27)13-12-22(28)25-20-10-6-7-11-21(20)30-19-8-4-3-5-9-19/h3-11H,2,12-18H2,1H3,(H,24,29)(H,25,28). The minimum Gasteiger partial charge on any atom is -0.455 e. The molecule has 2 aromatic rings. The summed E-state index contributed by atoms with van der Waals surface area (Å²) in [6.07, 6.45) is 0.413. The first-order valence-electron chi connectivity index (χ1n) is 10.5. The van der Waals surface area contributed by atoms with E-state index in [1.807, 2.05) is 61.5 Å². The van der Waals surface area contributed by atoms with E-state index < -0.39 is 0 Å². The number of anilines is 1.